The van der Waals surface area contributed by atoms with Crippen molar-refractivity contribution < 1.29 is 33.2 Å². The van der Waals surface area contributed by atoms with Crippen molar-refractivity contribution in [3.8, 4) is 0 Å². The van der Waals surface area contributed by atoms with Crippen LogP contribution in [-0.4, -0.2) is 82.3 Å². The van der Waals surface area contributed by atoms with Gasteiger partial charge in [-0.3, -0.25) is 4.98 Å². The largest absolute Gasteiger partial charge is 0.377 e. The summed E-state index contributed by atoms with van der Waals surface area (Å²) in [5.41, 5.74) is 1.76. The van der Waals surface area contributed by atoms with Gasteiger partial charge in [0, 0.05) is 13.2 Å². The normalized spacial score (nSPS) is 32.4. The summed E-state index contributed by atoms with van der Waals surface area (Å²) in [6.07, 6.45) is 3.92. The molecular formula is C23H35NO7. The Hall–Kier alpha value is -1.13. The van der Waals surface area contributed by atoms with Crippen LogP contribution in [0.4, 0.5) is 0 Å². The standard InChI is InChI=1S/C23H35NO7/c1-4-18-14-26-16-22-20(6-2-8-28-22)30-12-10-25-11-13-31-21-7-3-9-29-23(21)17-27-15-19(5-1)24-18/h1,4-5,20-23H,2-3,6-17H2. The summed E-state index contributed by atoms with van der Waals surface area (Å²) in [7, 11) is 0. The fourth-order valence-corrected chi connectivity index (χ4v) is 4.19. The van der Waals surface area contributed by atoms with Crippen molar-refractivity contribution in [3.05, 3.63) is 29.6 Å². The van der Waals surface area contributed by atoms with Crippen LogP contribution in [0.1, 0.15) is 37.1 Å². The van der Waals surface area contributed by atoms with E-state index < -0.39 is 0 Å². The van der Waals surface area contributed by atoms with Crippen LogP contribution in [-0.2, 0) is 46.4 Å². The quantitative estimate of drug-likeness (QED) is 0.612. The van der Waals surface area contributed by atoms with Gasteiger partial charge in [-0.05, 0) is 37.8 Å². The average Bonchev–Trinajstić information content (AvgIpc) is 2.80. The maximum atomic E-state index is 6.03. The molecule has 4 rings (SSSR count). The lowest BCUT2D eigenvalue weighted by Crippen LogP contribution is -2.40. The van der Waals surface area contributed by atoms with Crippen molar-refractivity contribution in [2.75, 3.05) is 52.9 Å². The highest BCUT2D eigenvalue weighted by molar-refractivity contribution is 5.10. The Labute approximate surface area is 184 Å². The lowest BCUT2D eigenvalue weighted by molar-refractivity contribution is -0.146. The summed E-state index contributed by atoms with van der Waals surface area (Å²) in [4.78, 5) is 4.66. The smallest absolute Gasteiger partial charge is 0.107 e. The first-order chi connectivity index (χ1) is 15.4. The molecule has 0 radical (unpaired) electrons. The summed E-state index contributed by atoms with van der Waals surface area (Å²) in [5, 5.41) is 0. The molecule has 8 heteroatoms. The first-order valence-electron chi connectivity index (χ1n) is 11.5. The van der Waals surface area contributed by atoms with E-state index >= 15 is 0 Å². The zero-order valence-corrected chi connectivity index (χ0v) is 18.2. The molecule has 2 fully saturated rings. The molecule has 0 aliphatic carbocycles. The molecule has 8 nitrogen and oxygen atoms in total. The molecule has 3 aliphatic heterocycles. The third-order valence-electron chi connectivity index (χ3n) is 5.81. The van der Waals surface area contributed by atoms with Gasteiger partial charge < -0.3 is 33.2 Å². The van der Waals surface area contributed by atoms with Crippen LogP contribution < -0.4 is 0 Å². The van der Waals surface area contributed by atoms with E-state index in [1.807, 2.05) is 18.2 Å². The van der Waals surface area contributed by atoms with Gasteiger partial charge in [0.2, 0.25) is 0 Å². The van der Waals surface area contributed by atoms with Gasteiger partial charge in [0.05, 0.1) is 76.5 Å². The molecule has 31 heavy (non-hydrogen) atoms. The van der Waals surface area contributed by atoms with E-state index in [0.29, 0.717) is 52.9 Å². The summed E-state index contributed by atoms with van der Waals surface area (Å²) >= 11 is 0. The zero-order valence-electron chi connectivity index (χ0n) is 18.2. The number of ether oxygens (including phenoxy) is 7. The van der Waals surface area contributed by atoms with E-state index in [4.69, 9.17) is 33.2 Å². The second kappa shape index (κ2) is 12.8. The van der Waals surface area contributed by atoms with E-state index in [-0.39, 0.29) is 24.4 Å². The van der Waals surface area contributed by atoms with Crippen molar-refractivity contribution in [2.24, 2.45) is 0 Å². The number of fused-ring (bicyclic) bond motifs is 4. The minimum Gasteiger partial charge on any atom is -0.377 e. The van der Waals surface area contributed by atoms with Crippen LogP contribution in [0, 0.1) is 0 Å². The number of hydrogen-bond acceptors (Lipinski definition) is 8. The molecule has 4 atom stereocenters. The van der Waals surface area contributed by atoms with Crippen molar-refractivity contribution in [1.82, 2.24) is 4.98 Å². The molecular weight excluding hydrogens is 402 g/mol. The molecule has 0 aromatic carbocycles. The summed E-state index contributed by atoms with van der Waals surface area (Å²) in [6.45, 7) is 5.50. The van der Waals surface area contributed by atoms with E-state index in [9.17, 15) is 0 Å². The predicted molar refractivity (Wildman–Crippen MR) is 112 cm³/mol. The highest BCUT2D eigenvalue weighted by atomic mass is 16.6. The fourth-order valence-electron chi connectivity index (χ4n) is 4.19. The molecule has 4 heterocycles. The van der Waals surface area contributed by atoms with Crippen LogP contribution in [0.5, 0.6) is 0 Å². The minimum absolute atomic E-state index is 0.0343. The maximum absolute atomic E-state index is 6.03. The van der Waals surface area contributed by atoms with Gasteiger partial charge in [-0.2, -0.15) is 0 Å². The summed E-state index contributed by atoms with van der Waals surface area (Å²) in [6, 6.07) is 5.93. The highest BCUT2D eigenvalue weighted by Crippen LogP contribution is 2.20. The highest BCUT2D eigenvalue weighted by Gasteiger charge is 2.28. The van der Waals surface area contributed by atoms with Gasteiger partial charge >= 0.3 is 0 Å². The Morgan fingerprint density at radius 2 is 1.10 bits per heavy atom. The number of aromatic nitrogens is 1. The van der Waals surface area contributed by atoms with Crippen LogP contribution >= 0.6 is 0 Å². The second-order valence-electron chi connectivity index (χ2n) is 8.18. The molecule has 174 valence electrons. The Morgan fingerprint density at radius 1 is 0.581 bits per heavy atom. The monoisotopic (exact) mass is 437 g/mol. The molecule has 1 aromatic rings. The lowest BCUT2D eigenvalue weighted by atomic mass is 10.1. The van der Waals surface area contributed by atoms with E-state index in [1.54, 1.807) is 0 Å². The molecule has 0 amide bonds. The Balaban J connectivity index is 1.36. The number of nitrogens with zero attached hydrogens (tertiary/aromatic N) is 1. The third-order valence-corrected chi connectivity index (χ3v) is 5.81. The van der Waals surface area contributed by atoms with Crippen LogP contribution in [0.25, 0.3) is 0 Å². The van der Waals surface area contributed by atoms with Crippen LogP contribution in [0.2, 0.25) is 0 Å². The molecule has 0 saturated carbocycles. The Kier molecular flexibility index (Phi) is 9.51. The van der Waals surface area contributed by atoms with Crippen LogP contribution in [0.15, 0.2) is 18.2 Å². The molecule has 0 spiro atoms. The van der Waals surface area contributed by atoms with E-state index in [2.05, 4.69) is 4.98 Å². The average molecular weight is 438 g/mol. The number of rotatable bonds is 0. The van der Waals surface area contributed by atoms with Crippen molar-refractivity contribution >= 4 is 0 Å². The van der Waals surface area contributed by atoms with Crippen molar-refractivity contribution in [2.45, 2.75) is 63.3 Å². The van der Waals surface area contributed by atoms with E-state index in [1.165, 1.54) is 0 Å². The van der Waals surface area contributed by atoms with Gasteiger partial charge in [0.25, 0.3) is 0 Å². The number of hydrogen-bond donors (Lipinski definition) is 0. The first kappa shape index (κ1) is 23.0. The van der Waals surface area contributed by atoms with Gasteiger partial charge in [-0.15, -0.1) is 0 Å². The lowest BCUT2D eigenvalue weighted by Gasteiger charge is -2.32. The first-order valence-corrected chi connectivity index (χ1v) is 11.5. The molecule has 2 bridgehead atoms. The van der Waals surface area contributed by atoms with Gasteiger partial charge in [-0.25, -0.2) is 0 Å². The molecule has 1 aromatic heterocycles. The van der Waals surface area contributed by atoms with Crippen LogP contribution in [0.3, 0.4) is 0 Å². The predicted octanol–water partition coefficient (Wildman–Crippen LogP) is 2.27. The third kappa shape index (κ3) is 7.46. The molecule has 4 unspecified atom stereocenters. The van der Waals surface area contributed by atoms with Gasteiger partial charge in [0.15, 0.2) is 0 Å². The summed E-state index contributed by atoms with van der Waals surface area (Å²) in [5.74, 6) is 0. The van der Waals surface area contributed by atoms with Gasteiger partial charge in [-0.1, -0.05) is 6.07 Å². The topological polar surface area (TPSA) is 77.5 Å². The zero-order chi connectivity index (χ0) is 21.1. The molecule has 3 aliphatic rings. The number of pyridine rings is 1. The Bertz CT molecular complexity index is 597. The van der Waals surface area contributed by atoms with Gasteiger partial charge in [0.1, 0.15) is 12.2 Å². The SMILES string of the molecule is c1cc2nc(c1)COCC1OCCCC1OCCOCCOC1CCCOC1COC2. The molecule has 0 N–H and O–H groups in total. The second-order valence-corrected chi connectivity index (χ2v) is 8.18. The fraction of sp³-hybridized carbons (Fsp3) is 0.783. The summed E-state index contributed by atoms with van der Waals surface area (Å²) < 4.78 is 41.4. The Morgan fingerprint density at radius 3 is 1.65 bits per heavy atom. The van der Waals surface area contributed by atoms with Crippen molar-refractivity contribution in [3.63, 3.8) is 0 Å². The van der Waals surface area contributed by atoms with Crippen molar-refractivity contribution in [1.29, 1.82) is 0 Å². The molecule has 2 saturated heterocycles. The van der Waals surface area contributed by atoms with E-state index in [0.717, 1.165) is 50.3 Å². The maximum Gasteiger partial charge on any atom is 0.107 e. The minimum atomic E-state index is -0.0579.